The van der Waals surface area contributed by atoms with Crippen LogP contribution in [-0.2, 0) is 6.42 Å². The number of rotatable bonds is 5. The Morgan fingerprint density at radius 1 is 1.38 bits per heavy atom. The summed E-state index contributed by atoms with van der Waals surface area (Å²) in [5.41, 5.74) is 1.23. The van der Waals surface area contributed by atoms with E-state index in [4.69, 9.17) is 5.11 Å². The van der Waals surface area contributed by atoms with Crippen molar-refractivity contribution in [2.75, 3.05) is 19.7 Å². The highest BCUT2D eigenvalue weighted by Gasteiger charge is 1.93. The molecule has 0 spiro atoms. The number of nitrogens with one attached hydrogen (secondary N) is 1. The lowest BCUT2D eigenvalue weighted by Gasteiger charge is -2.02. The normalized spacial score (nSPS) is 10.3. The molecule has 0 unspecified atom stereocenters. The maximum absolute atomic E-state index is 8.52. The summed E-state index contributed by atoms with van der Waals surface area (Å²) < 4.78 is 1.02. The van der Waals surface area contributed by atoms with Crippen molar-refractivity contribution in [3.63, 3.8) is 0 Å². The van der Waals surface area contributed by atoms with Crippen molar-refractivity contribution in [3.05, 3.63) is 27.6 Å². The summed E-state index contributed by atoms with van der Waals surface area (Å²) in [6.07, 6.45) is 2.85. The Bertz CT molecular complexity index is 238. The van der Waals surface area contributed by atoms with Gasteiger partial charge in [-0.05, 0) is 47.2 Å². The lowest BCUT2D eigenvalue weighted by Crippen LogP contribution is -2.20. The first-order chi connectivity index (χ1) is 6.33. The SMILES string of the molecule is OCCNCCc1ccc(I)nc1. The molecule has 0 atom stereocenters. The smallest absolute Gasteiger partial charge is 0.101 e. The van der Waals surface area contributed by atoms with E-state index in [0.29, 0.717) is 6.54 Å². The molecule has 2 N–H and O–H groups in total. The highest BCUT2D eigenvalue weighted by atomic mass is 127. The number of aliphatic hydroxyl groups excluding tert-OH is 1. The maximum atomic E-state index is 8.52. The van der Waals surface area contributed by atoms with Crippen LogP contribution in [0.4, 0.5) is 0 Å². The number of hydrogen-bond acceptors (Lipinski definition) is 3. The Hall–Kier alpha value is -0.200. The number of aliphatic hydroxyl groups is 1. The summed E-state index contributed by atoms with van der Waals surface area (Å²) in [4.78, 5) is 4.19. The molecule has 0 aliphatic heterocycles. The quantitative estimate of drug-likeness (QED) is 0.479. The van der Waals surface area contributed by atoms with E-state index in [2.05, 4.69) is 39.0 Å². The highest BCUT2D eigenvalue weighted by molar-refractivity contribution is 14.1. The van der Waals surface area contributed by atoms with Crippen molar-refractivity contribution in [3.8, 4) is 0 Å². The van der Waals surface area contributed by atoms with Crippen molar-refractivity contribution in [1.82, 2.24) is 10.3 Å². The Labute approximate surface area is 91.7 Å². The van der Waals surface area contributed by atoms with Crippen molar-refractivity contribution >= 4 is 22.6 Å². The fourth-order valence-corrected chi connectivity index (χ4v) is 1.31. The van der Waals surface area contributed by atoms with Crippen molar-refractivity contribution in [2.45, 2.75) is 6.42 Å². The van der Waals surface area contributed by atoms with Gasteiger partial charge in [-0.25, -0.2) is 0 Å². The standard InChI is InChI=1S/C9H13IN2O/c10-9-2-1-8(7-12-9)3-4-11-5-6-13/h1-2,7,11,13H,3-6H2. The monoisotopic (exact) mass is 292 g/mol. The van der Waals surface area contributed by atoms with Crippen molar-refractivity contribution in [2.24, 2.45) is 0 Å². The Kier molecular flexibility index (Phi) is 5.26. The molecule has 0 aliphatic rings. The second-order valence-electron chi connectivity index (χ2n) is 2.71. The van der Waals surface area contributed by atoms with Gasteiger partial charge >= 0.3 is 0 Å². The molecule has 0 amide bonds. The maximum Gasteiger partial charge on any atom is 0.101 e. The zero-order valence-electron chi connectivity index (χ0n) is 7.33. The molecule has 13 heavy (non-hydrogen) atoms. The molecular weight excluding hydrogens is 279 g/mol. The first-order valence-electron chi connectivity index (χ1n) is 4.25. The van der Waals surface area contributed by atoms with E-state index in [1.165, 1.54) is 5.56 Å². The van der Waals surface area contributed by atoms with Gasteiger partial charge in [0, 0.05) is 12.7 Å². The topological polar surface area (TPSA) is 45.1 Å². The van der Waals surface area contributed by atoms with Gasteiger partial charge in [0.25, 0.3) is 0 Å². The van der Waals surface area contributed by atoms with Gasteiger partial charge < -0.3 is 10.4 Å². The summed E-state index contributed by atoms with van der Waals surface area (Å²) in [6.45, 7) is 1.76. The molecule has 1 aromatic rings. The van der Waals surface area contributed by atoms with E-state index in [9.17, 15) is 0 Å². The lowest BCUT2D eigenvalue weighted by atomic mass is 10.2. The van der Waals surface area contributed by atoms with E-state index in [1.54, 1.807) is 0 Å². The summed E-state index contributed by atoms with van der Waals surface area (Å²) in [5, 5.41) is 11.6. The van der Waals surface area contributed by atoms with Crippen LogP contribution in [0.5, 0.6) is 0 Å². The molecule has 4 heteroatoms. The van der Waals surface area contributed by atoms with Crippen LogP contribution in [0.3, 0.4) is 0 Å². The highest BCUT2D eigenvalue weighted by Crippen LogP contribution is 2.02. The van der Waals surface area contributed by atoms with Crippen molar-refractivity contribution < 1.29 is 5.11 Å². The number of halogens is 1. The van der Waals surface area contributed by atoms with Crippen LogP contribution >= 0.6 is 22.6 Å². The van der Waals surface area contributed by atoms with E-state index in [1.807, 2.05) is 12.3 Å². The molecule has 0 aliphatic carbocycles. The number of nitrogens with zero attached hydrogens (tertiary/aromatic N) is 1. The fraction of sp³-hybridized carbons (Fsp3) is 0.444. The molecule has 0 fully saturated rings. The van der Waals surface area contributed by atoms with Crippen LogP contribution in [-0.4, -0.2) is 29.8 Å². The van der Waals surface area contributed by atoms with Crippen LogP contribution in [0.2, 0.25) is 0 Å². The van der Waals surface area contributed by atoms with Crippen LogP contribution < -0.4 is 5.32 Å². The predicted molar refractivity (Wildman–Crippen MR) is 60.6 cm³/mol. The van der Waals surface area contributed by atoms with E-state index >= 15 is 0 Å². The zero-order valence-corrected chi connectivity index (χ0v) is 9.49. The second-order valence-corrected chi connectivity index (χ2v) is 3.82. The van der Waals surface area contributed by atoms with Gasteiger partial charge in [0.15, 0.2) is 0 Å². The van der Waals surface area contributed by atoms with Gasteiger partial charge in [-0.1, -0.05) is 6.07 Å². The third kappa shape index (κ3) is 4.54. The largest absolute Gasteiger partial charge is 0.395 e. The number of aromatic nitrogens is 1. The number of hydrogen-bond donors (Lipinski definition) is 2. The Morgan fingerprint density at radius 3 is 2.85 bits per heavy atom. The first-order valence-corrected chi connectivity index (χ1v) is 5.33. The second kappa shape index (κ2) is 6.28. The van der Waals surface area contributed by atoms with Crippen LogP contribution in [0.25, 0.3) is 0 Å². The van der Waals surface area contributed by atoms with Gasteiger partial charge in [-0.15, -0.1) is 0 Å². The molecule has 72 valence electrons. The van der Waals surface area contributed by atoms with Crippen LogP contribution in [0.15, 0.2) is 18.3 Å². The average molecular weight is 292 g/mol. The fourth-order valence-electron chi connectivity index (χ4n) is 0.991. The molecular formula is C9H13IN2O. The van der Waals surface area contributed by atoms with Crippen LogP contribution in [0.1, 0.15) is 5.56 Å². The molecule has 0 saturated carbocycles. The predicted octanol–water partition coefficient (Wildman–Crippen LogP) is 0.811. The summed E-state index contributed by atoms with van der Waals surface area (Å²) >= 11 is 2.19. The van der Waals surface area contributed by atoms with Gasteiger partial charge in [0.05, 0.1) is 6.61 Å². The zero-order chi connectivity index (χ0) is 9.52. The van der Waals surface area contributed by atoms with Crippen molar-refractivity contribution in [1.29, 1.82) is 0 Å². The Morgan fingerprint density at radius 2 is 2.23 bits per heavy atom. The molecule has 1 heterocycles. The molecule has 0 bridgehead atoms. The summed E-state index contributed by atoms with van der Waals surface area (Å²) in [5.74, 6) is 0. The number of pyridine rings is 1. The lowest BCUT2D eigenvalue weighted by molar-refractivity contribution is 0.293. The average Bonchev–Trinajstić information content (AvgIpc) is 2.15. The summed E-state index contributed by atoms with van der Waals surface area (Å²) in [7, 11) is 0. The summed E-state index contributed by atoms with van der Waals surface area (Å²) in [6, 6.07) is 4.08. The Balaban J connectivity index is 2.25. The van der Waals surface area contributed by atoms with E-state index in [0.717, 1.165) is 16.7 Å². The molecule has 0 radical (unpaired) electrons. The van der Waals surface area contributed by atoms with Gasteiger partial charge in [0.1, 0.15) is 3.70 Å². The third-order valence-corrected chi connectivity index (χ3v) is 2.31. The van der Waals surface area contributed by atoms with Gasteiger partial charge in [0.2, 0.25) is 0 Å². The molecule has 0 saturated heterocycles. The first kappa shape index (κ1) is 10.9. The van der Waals surface area contributed by atoms with E-state index < -0.39 is 0 Å². The minimum Gasteiger partial charge on any atom is -0.395 e. The van der Waals surface area contributed by atoms with Crippen LogP contribution in [0, 0.1) is 3.70 Å². The molecule has 3 nitrogen and oxygen atoms in total. The molecule has 1 aromatic heterocycles. The minimum atomic E-state index is 0.199. The van der Waals surface area contributed by atoms with E-state index in [-0.39, 0.29) is 6.61 Å². The van der Waals surface area contributed by atoms with Gasteiger partial charge in [-0.2, -0.15) is 0 Å². The third-order valence-electron chi connectivity index (χ3n) is 1.67. The minimum absolute atomic E-state index is 0.199. The molecule has 0 aromatic carbocycles. The molecule has 1 rings (SSSR count). The van der Waals surface area contributed by atoms with Gasteiger partial charge in [-0.3, -0.25) is 4.98 Å².